The van der Waals surface area contributed by atoms with Gasteiger partial charge in [0.2, 0.25) is 0 Å². The van der Waals surface area contributed by atoms with E-state index in [1.54, 1.807) is 0 Å². The summed E-state index contributed by atoms with van der Waals surface area (Å²) >= 11 is 0. The molecular formula is C14H24O. The van der Waals surface area contributed by atoms with Crippen molar-refractivity contribution in [3.05, 3.63) is 12.3 Å². The first-order valence-corrected chi connectivity index (χ1v) is 6.33. The van der Waals surface area contributed by atoms with E-state index in [0.717, 1.165) is 12.3 Å². The van der Waals surface area contributed by atoms with Crippen LogP contribution >= 0.6 is 0 Å². The average molecular weight is 208 g/mol. The monoisotopic (exact) mass is 208 g/mol. The third kappa shape index (κ3) is 1.43. The first kappa shape index (κ1) is 11.0. The lowest BCUT2D eigenvalue weighted by Crippen LogP contribution is -2.36. The average Bonchev–Trinajstić information content (AvgIpc) is 2.51. The lowest BCUT2D eigenvalue weighted by molar-refractivity contribution is 0.00116. The van der Waals surface area contributed by atoms with Crippen LogP contribution in [0, 0.1) is 16.7 Å². The van der Waals surface area contributed by atoms with Crippen LogP contribution in [-0.2, 0) is 4.74 Å². The van der Waals surface area contributed by atoms with Crippen molar-refractivity contribution in [1.82, 2.24) is 0 Å². The van der Waals surface area contributed by atoms with Gasteiger partial charge in [0.15, 0.2) is 0 Å². The molecule has 2 fully saturated rings. The van der Waals surface area contributed by atoms with Gasteiger partial charge in [0.25, 0.3) is 0 Å². The summed E-state index contributed by atoms with van der Waals surface area (Å²) in [6.07, 6.45) is 9.56. The minimum atomic E-state index is 0.399. The molecule has 15 heavy (non-hydrogen) atoms. The van der Waals surface area contributed by atoms with Crippen LogP contribution in [0.4, 0.5) is 0 Å². The second kappa shape index (κ2) is 3.54. The molecule has 0 radical (unpaired) electrons. The smallest absolute Gasteiger partial charge is 0.104 e. The molecule has 2 bridgehead atoms. The normalized spacial score (nSPS) is 42.7. The summed E-state index contributed by atoms with van der Waals surface area (Å²) in [5.41, 5.74) is 0.869. The van der Waals surface area contributed by atoms with Crippen molar-refractivity contribution in [3.8, 4) is 0 Å². The fourth-order valence-electron chi connectivity index (χ4n) is 3.58. The van der Waals surface area contributed by atoms with Crippen molar-refractivity contribution >= 4 is 0 Å². The Balaban J connectivity index is 2.09. The highest BCUT2D eigenvalue weighted by atomic mass is 16.5. The van der Waals surface area contributed by atoms with E-state index in [-0.39, 0.29) is 0 Å². The standard InChI is InChI=1S/C14H24O/c1-5-6-9-15-12-10-11-7-8-14(12,4)13(11,2)3/h6,9,11-12H,5,7-8,10H2,1-4H3/b9-6-/t11-,12+,14+/m1/s1. The Morgan fingerprint density at radius 1 is 1.33 bits per heavy atom. The van der Waals surface area contributed by atoms with Gasteiger partial charge in [-0.3, -0.25) is 0 Å². The molecule has 2 aliphatic carbocycles. The van der Waals surface area contributed by atoms with Crippen molar-refractivity contribution in [2.24, 2.45) is 16.7 Å². The molecule has 1 nitrogen and oxygen atoms in total. The molecule has 1 heteroatoms. The predicted octanol–water partition coefficient (Wildman–Crippen LogP) is 4.14. The Bertz CT molecular complexity index is 267. The summed E-state index contributed by atoms with van der Waals surface area (Å²) in [5.74, 6) is 0.877. The molecule has 0 amide bonds. The highest BCUT2D eigenvalue weighted by Crippen LogP contribution is 2.66. The van der Waals surface area contributed by atoms with Crippen molar-refractivity contribution in [2.45, 2.75) is 59.5 Å². The topological polar surface area (TPSA) is 9.23 Å². The molecule has 0 aromatic rings. The summed E-state index contributed by atoms with van der Waals surface area (Å²) < 4.78 is 5.94. The van der Waals surface area contributed by atoms with Crippen LogP contribution in [0.5, 0.6) is 0 Å². The molecule has 2 saturated carbocycles. The maximum atomic E-state index is 5.94. The first-order valence-electron chi connectivity index (χ1n) is 6.33. The van der Waals surface area contributed by atoms with Crippen LogP contribution in [0.1, 0.15) is 53.4 Å². The first-order chi connectivity index (χ1) is 7.02. The molecule has 0 spiro atoms. The number of rotatable bonds is 3. The molecule has 0 aromatic carbocycles. The van der Waals surface area contributed by atoms with E-state index in [4.69, 9.17) is 4.74 Å². The van der Waals surface area contributed by atoms with Crippen LogP contribution < -0.4 is 0 Å². The summed E-state index contributed by atoms with van der Waals surface area (Å²) in [5, 5.41) is 0. The van der Waals surface area contributed by atoms with Crippen molar-refractivity contribution < 1.29 is 4.74 Å². The molecular weight excluding hydrogens is 184 g/mol. The Morgan fingerprint density at radius 2 is 2.07 bits per heavy atom. The van der Waals surface area contributed by atoms with E-state index in [9.17, 15) is 0 Å². The van der Waals surface area contributed by atoms with Gasteiger partial charge in [0.05, 0.1) is 6.26 Å². The van der Waals surface area contributed by atoms with Gasteiger partial charge in [-0.05, 0) is 37.0 Å². The van der Waals surface area contributed by atoms with Crippen LogP contribution in [0.15, 0.2) is 12.3 Å². The molecule has 0 N–H and O–H groups in total. The molecule has 0 unspecified atom stereocenters. The number of hydrogen-bond donors (Lipinski definition) is 0. The summed E-state index contributed by atoms with van der Waals surface area (Å²) in [6, 6.07) is 0. The van der Waals surface area contributed by atoms with Gasteiger partial charge in [-0.1, -0.05) is 33.8 Å². The number of allylic oxidation sites excluding steroid dienone is 1. The van der Waals surface area contributed by atoms with E-state index in [1.165, 1.54) is 19.3 Å². The highest BCUT2D eigenvalue weighted by Gasteiger charge is 2.62. The largest absolute Gasteiger partial charge is 0.498 e. The van der Waals surface area contributed by atoms with E-state index in [1.807, 2.05) is 6.26 Å². The maximum absolute atomic E-state index is 5.94. The Labute approximate surface area is 93.9 Å². The van der Waals surface area contributed by atoms with Crippen LogP contribution in [0.3, 0.4) is 0 Å². The minimum Gasteiger partial charge on any atom is -0.498 e. The summed E-state index contributed by atoms with van der Waals surface area (Å²) in [7, 11) is 0. The van der Waals surface area contributed by atoms with Gasteiger partial charge in [0.1, 0.15) is 6.10 Å². The fraction of sp³-hybridized carbons (Fsp3) is 0.857. The molecule has 86 valence electrons. The maximum Gasteiger partial charge on any atom is 0.104 e. The van der Waals surface area contributed by atoms with E-state index in [0.29, 0.717) is 16.9 Å². The fourth-order valence-corrected chi connectivity index (χ4v) is 3.58. The number of fused-ring (bicyclic) bond motifs is 2. The Morgan fingerprint density at radius 3 is 2.53 bits per heavy atom. The lowest BCUT2D eigenvalue weighted by Gasteiger charge is -2.38. The third-order valence-corrected chi connectivity index (χ3v) is 5.29. The van der Waals surface area contributed by atoms with Gasteiger partial charge < -0.3 is 4.74 Å². The van der Waals surface area contributed by atoms with Gasteiger partial charge in [-0.25, -0.2) is 0 Å². The predicted molar refractivity (Wildman–Crippen MR) is 63.5 cm³/mol. The van der Waals surface area contributed by atoms with Crippen molar-refractivity contribution in [1.29, 1.82) is 0 Å². The molecule has 0 aliphatic heterocycles. The summed E-state index contributed by atoms with van der Waals surface area (Å²) in [4.78, 5) is 0. The van der Waals surface area contributed by atoms with E-state index < -0.39 is 0 Å². The summed E-state index contributed by atoms with van der Waals surface area (Å²) in [6.45, 7) is 9.42. The van der Waals surface area contributed by atoms with Gasteiger partial charge in [-0.2, -0.15) is 0 Å². The third-order valence-electron chi connectivity index (χ3n) is 5.29. The Hall–Kier alpha value is -0.460. The number of ether oxygens (including phenoxy) is 1. The zero-order chi connectivity index (χ0) is 11.1. The Kier molecular flexibility index (Phi) is 2.60. The molecule has 0 aromatic heterocycles. The molecule has 3 atom stereocenters. The molecule has 0 saturated heterocycles. The second-order valence-electron chi connectivity index (χ2n) is 6.02. The van der Waals surface area contributed by atoms with E-state index >= 15 is 0 Å². The van der Waals surface area contributed by atoms with Gasteiger partial charge in [0, 0.05) is 5.41 Å². The number of hydrogen-bond acceptors (Lipinski definition) is 1. The second-order valence-corrected chi connectivity index (χ2v) is 6.02. The van der Waals surface area contributed by atoms with Crippen molar-refractivity contribution in [2.75, 3.05) is 0 Å². The van der Waals surface area contributed by atoms with Crippen LogP contribution in [-0.4, -0.2) is 6.10 Å². The molecule has 0 heterocycles. The molecule has 2 aliphatic rings. The highest BCUT2D eigenvalue weighted by molar-refractivity contribution is 5.11. The quantitative estimate of drug-likeness (QED) is 0.633. The lowest BCUT2D eigenvalue weighted by atomic mass is 9.70. The zero-order valence-corrected chi connectivity index (χ0v) is 10.5. The van der Waals surface area contributed by atoms with E-state index in [2.05, 4.69) is 33.8 Å². The van der Waals surface area contributed by atoms with Crippen LogP contribution in [0.2, 0.25) is 0 Å². The minimum absolute atomic E-state index is 0.399. The van der Waals surface area contributed by atoms with Gasteiger partial charge in [-0.15, -0.1) is 0 Å². The zero-order valence-electron chi connectivity index (χ0n) is 10.5. The van der Waals surface area contributed by atoms with Gasteiger partial charge >= 0.3 is 0 Å². The SMILES string of the molecule is CC/C=C\O[C@H]1C[C@H]2CC[C@]1(C)C2(C)C. The van der Waals surface area contributed by atoms with Crippen molar-refractivity contribution in [3.63, 3.8) is 0 Å². The molecule has 2 rings (SSSR count). The van der Waals surface area contributed by atoms with Crippen LogP contribution in [0.25, 0.3) is 0 Å².